The largest absolute Gasteiger partial charge is 0.477 e. The molecule has 0 aliphatic carbocycles. The number of nitrogens with zero attached hydrogens (tertiary/aromatic N) is 2. The molecule has 4 nitrogen and oxygen atoms in total. The van der Waals surface area contributed by atoms with Crippen molar-refractivity contribution in [1.82, 2.24) is 9.97 Å². The number of hydrogen-bond acceptors (Lipinski definition) is 4. The van der Waals surface area contributed by atoms with Crippen LogP contribution < -0.4 is 0 Å². The van der Waals surface area contributed by atoms with Crippen molar-refractivity contribution in [2.45, 2.75) is 4.90 Å². The van der Waals surface area contributed by atoms with Gasteiger partial charge in [0.1, 0.15) is 0 Å². The molecule has 17 heavy (non-hydrogen) atoms. The van der Waals surface area contributed by atoms with E-state index in [9.17, 15) is 4.79 Å². The Hall–Kier alpha value is -1.88. The first-order valence-electron chi connectivity index (χ1n) is 4.91. The van der Waals surface area contributed by atoms with Crippen molar-refractivity contribution in [3.05, 3.63) is 42.2 Å². The molecule has 0 atom stereocenters. The van der Waals surface area contributed by atoms with Crippen LogP contribution in [-0.4, -0.2) is 27.3 Å². The smallest absolute Gasteiger partial charge is 0.354 e. The third kappa shape index (κ3) is 2.62. The maximum Gasteiger partial charge on any atom is 0.354 e. The van der Waals surface area contributed by atoms with E-state index in [2.05, 4.69) is 9.97 Å². The van der Waals surface area contributed by atoms with Crippen LogP contribution in [0.5, 0.6) is 0 Å². The van der Waals surface area contributed by atoms with Gasteiger partial charge in [0.05, 0.1) is 0 Å². The lowest BCUT2D eigenvalue weighted by Gasteiger charge is -2.02. The highest BCUT2D eigenvalue weighted by molar-refractivity contribution is 7.98. The van der Waals surface area contributed by atoms with Gasteiger partial charge in [-0.3, -0.25) is 0 Å². The summed E-state index contributed by atoms with van der Waals surface area (Å²) in [7, 11) is 0. The Morgan fingerprint density at radius 1 is 1.24 bits per heavy atom. The molecule has 1 heterocycles. The summed E-state index contributed by atoms with van der Waals surface area (Å²) in [5.41, 5.74) is 0.815. The van der Waals surface area contributed by atoms with E-state index in [-0.39, 0.29) is 5.69 Å². The molecule has 0 aliphatic heterocycles. The van der Waals surface area contributed by atoms with Crippen LogP contribution in [0.4, 0.5) is 0 Å². The molecule has 0 unspecified atom stereocenters. The quantitative estimate of drug-likeness (QED) is 0.843. The van der Waals surface area contributed by atoms with Crippen LogP contribution in [-0.2, 0) is 0 Å². The average Bonchev–Trinajstić information content (AvgIpc) is 2.39. The van der Waals surface area contributed by atoms with Gasteiger partial charge in [-0.25, -0.2) is 14.8 Å². The van der Waals surface area contributed by atoms with Crippen LogP contribution in [0.25, 0.3) is 11.4 Å². The van der Waals surface area contributed by atoms with E-state index in [1.165, 1.54) is 12.3 Å². The van der Waals surface area contributed by atoms with Crippen LogP contribution in [0.15, 0.2) is 41.4 Å². The lowest BCUT2D eigenvalue weighted by molar-refractivity contribution is 0.0690. The molecule has 5 heteroatoms. The first-order chi connectivity index (χ1) is 8.20. The Morgan fingerprint density at radius 2 is 1.94 bits per heavy atom. The van der Waals surface area contributed by atoms with Gasteiger partial charge in [-0.2, -0.15) is 0 Å². The van der Waals surface area contributed by atoms with Crippen molar-refractivity contribution >= 4 is 17.7 Å². The highest BCUT2D eigenvalue weighted by atomic mass is 32.2. The zero-order valence-electron chi connectivity index (χ0n) is 9.12. The molecule has 0 saturated carbocycles. The molecule has 0 spiro atoms. The van der Waals surface area contributed by atoms with E-state index < -0.39 is 5.97 Å². The first kappa shape index (κ1) is 11.6. The number of rotatable bonds is 3. The fourth-order valence-corrected chi connectivity index (χ4v) is 1.77. The van der Waals surface area contributed by atoms with Gasteiger partial charge in [-0.05, 0) is 24.5 Å². The third-order valence-electron chi connectivity index (χ3n) is 2.22. The van der Waals surface area contributed by atoms with Crippen molar-refractivity contribution in [3.63, 3.8) is 0 Å². The molecule has 1 N–H and O–H groups in total. The standard InChI is InChI=1S/C12H10N2O2S/c1-17-9-4-2-8(3-5-9)11-13-7-6-10(14-11)12(15)16/h2-7H,1H3,(H,15,16). The van der Waals surface area contributed by atoms with Gasteiger partial charge < -0.3 is 5.11 Å². The molecular weight excluding hydrogens is 236 g/mol. The van der Waals surface area contributed by atoms with Crippen LogP contribution in [0.3, 0.4) is 0 Å². The number of carboxylic acid groups (broad SMARTS) is 1. The number of carbonyl (C=O) groups is 1. The Kier molecular flexibility index (Phi) is 3.39. The summed E-state index contributed by atoms with van der Waals surface area (Å²) in [6.45, 7) is 0. The number of aromatic nitrogens is 2. The first-order valence-corrected chi connectivity index (χ1v) is 6.14. The number of carboxylic acids is 1. The van der Waals surface area contributed by atoms with E-state index in [0.29, 0.717) is 5.82 Å². The highest BCUT2D eigenvalue weighted by Crippen LogP contribution is 2.20. The predicted molar refractivity (Wildman–Crippen MR) is 66.2 cm³/mol. The normalized spacial score (nSPS) is 10.2. The monoisotopic (exact) mass is 246 g/mol. The van der Waals surface area contributed by atoms with Gasteiger partial charge in [0.2, 0.25) is 0 Å². The minimum absolute atomic E-state index is 0.00365. The number of aromatic carboxylic acids is 1. The van der Waals surface area contributed by atoms with Crippen LogP contribution in [0.1, 0.15) is 10.5 Å². The molecule has 0 bridgehead atoms. The van der Waals surface area contributed by atoms with Crippen molar-refractivity contribution in [3.8, 4) is 11.4 Å². The van der Waals surface area contributed by atoms with Crippen molar-refractivity contribution < 1.29 is 9.90 Å². The van der Waals surface area contributed by atoms with E-state index in [1.54, 1.807) is 11.8 Å². The second-order valence-corrected chi connectivity index (χ2v) is 4.18. The molecule has 2 aromatic rings. The molecule has 0 radical (unpaired) electrons. The Labute approximate surface area is 103 Å². The molecule has 2 rings (SSSR count). The summed E-state index contributed by atoms with van der Waals surface area (Å²) in [5, 5.41) is 8.84. The number of thioether (sulfide) groups is 1. The Morgan fingerprint density at radius 3 is 2.53 bits per heavy atom. The molecule has 0 fully saturated rings. The Bertz CT molecular complexity index is 540. The fourth-order valence-electron chi connectivity index (χ4n) is 1.36. The summed E-state index contributed by atoms with van der Waals surface area (Å²) in [6.07, 6.45) is 3.45. The Balaban J connectivity index is 2.38. The summed E-state index contributed by atoms with van der Waals surface area (Å²) < 4.78 is 0. The molecule has 1 aromatic carbocycles. The molecular formula is C12H10N2O2S. The van der Waals surface area contributed by atoms with E-state index in [1.807, 2.05) is 30.5 Å². The summed E-state index contributed by atoms with van der Waals surface area (Å²) >= 11 is 1.65. The third-order valence-corrected chi connectivity index (χ3v) is 2.97. The lowest BCUT2D eigenvalue weighted by Crippen LogP contribution is -2.02. The molecule has 0 saturated heterocycles. The van der Waals surface area contributed by atoms with E-state index in [0.717, 1.165) is 10.5 Å². The van der Waals surface area contributed by atoms with Gasteiger partial charge in [-0.1, -0.05) is 12.1 Å². The second kappa shape index (κ2) is 4.97. The van der Waals surface area contributed by atoms with Crippen molar-refractivity contribution in [2.75, 3.05) is 6.26 Å². The SMILES string of the molecule is CSc1ccc(-c2nccc(C(=O)O)n2)cc1. The molecule has 0 aliphatic rings. The maximum atomic E-state index is 10.8. The van der Waals surface area contributed by atoms with Gasteiger partial charge in [0.25, 0.3) is 0 Å². The summed E-state index contributed by atoms with van der Waals surface area (Å²) in [6, 6.07) is 9.05. The molecule has 86 valence electrons. The van der Waals surface area contributed by atoms with Gasteiger partial charge in [-0.15, -0.1) is 11.8 Å². The van der Waals surface area contributed by atoms with E-state index in [4.69, 9.17) is 5.11 Å². The molecule has 1 aromatic heterocycles. The minimum atomic E-state index is -1.05. The van der Waals surface area contributed by atoms with Gasteiger partial charge in [0.15, 0.2) is 11.5 Å². The highest BCUT2D eigenvalue weighted by Gasteiger charge is 2.07. The second-order valence-electron chi connectivity index (χ2n) is 3.30. The van der Waals surface area contributed by atoms with E-state index >= 15 is 0 Å². The summed E-state index contributed by atoms with van der Waals surface area (Å²) in [5.74, 6) is -0.619. The van der Waals surface area contributed by atoms with Gasteiger partial charge in [0, 0.05) is 16.7 Å². The zero-order valence-corrected chi connectivity index (χ0v) is 9.94. The fraction of sp³-hybridized carbons (Fsp3) is 0.0833. The number of benzene rings is 1. The topological polar surface area (TPSA) is 63.1 Å². The minimum Gasteiger partial charge on any atom is -0.477 e. The lowest BCUT2D eigenvalue weighted by atomic mass is 10.2. The average molecular weight is 246 g/mol. The van der Waals surface area contributed by atoms with Crippen LogP contribution in [0, 0.1) is 0 Å². The van der Waals surface area contributed by atoms with Crippen molar-refractivity contribution in [2.24, 2.45) is 0 Å². The maximum absolute atomic E-state index is 10.8. The van der Waals surface area contributed by atoms with Crippen LogP contribution >= 0.6 is 11.8 Å². The molecule has 0 amide bonds. The zero-order chi connectivity index (χ0) is 12.3. The number of hydrogen-bond donors (Lipinski definition) is 1. The van der Waals surface area contributed by atoms with Crippen LogP contribution in [0.2, 0.25) is 0 Å². The summed E-state index contributed by atoms with van der Waals surface area (Å²) in [4.78, 5) is 20.0. The van der Waals surface area contributed by atoms with Gasteiger partial charge >= 0.3 is 5.97 Å². The van der Waals surface area contributed by atoms with Crippen molar-refractivity contribution in [1.29, 1.82) is 0 Å². The predicted octanol–water partition coefficient (Wildman–Crippen LogP) is 2.56.